The molecular formula is C16H33N. The van der Waals surface area contributed by atoms with Crippen LogP contribution in [0.5, 0.6) is 0 Å². The first-order valence-electron chi connectivity index (χ1n) is 6.86. The molecular weight excluding hydrogens is 206 g/mol. The van der Waals surface area contributed by atoms with Crippen LogP contribution in [0.25, 0.3) is 0 Å². The van der Waals surface area contributed by atoms with Gasteiger partial charge in [-0.25, -0.2) is 0 Å². The van der Waals surface area contributed by atoms with Gasteiger partial charge in [0.05, 0.1) is 0 Å². The average molecular weight is 239 g/mol. The van der Waals surface area contributed by atoms with Crippen molar-refractivity contribution in [2.75, 3.05) is 0 Å². The van der Waals surface area contributed by atoms with Crippen molar-refractivity contribution in [1.82, 2.24) is 0 Å². The van der Waals surface area contributed by atoms with Crippen LogP contribution in [0.1, 0.15) is 66.5 Å². The second kappa shape index (κ2) is 13.2. The summed E-state index contributed by atoms with van der Waals surface area (Å²) < 4.78 is 0. The lowest BCUT2D eigenvalue weighted by Gasteiger charge is -2.19. The van der Waals surface area contributed by atoms with Gasteiger partial charge in [0.2, 0.25) is 0 Å². The maximum atomic E-state index is 5.93. The van der Waals surface area contributed by atoms with E-state index in [1.807, 2.05) is 61.5 Å². The molecule has 1 nitrogen and oxygen atoms in total. The fourth-order valence-corrected chi connectivity index (χ4v) is 1.05. The third-order valence-electron chi connectivity index (χ3n) is 1.76. The average Bonchev–Trinajstić information content (AvgIpc) is 2.36. The minimum atomic E-state index is -0.216. The molecule has 0 aliphatic rings. The van der Waals surface area contributed by atoms with Crippen LogP contribution < -0.4 is 5.73 Å². The van der Waals surface area contributed by atoms with Gasteiger partial charge in [-0.05, 0) is 26.3 Å². The Balaban J connectivity index is -0.000000285. The highest BCUT2D eigenvalue weighted by Crippen LogP contribution is 2.16. The summed E-state index contributed by atoms with van der Waals surface area (Å²) in [6.45, 7) is 18.1. The van der Waals surface area contributed by atoms with Crippen LogP contribution in [0.3, 0.4) is 0 Å². The molecule has 0 atom stereocenters. The van der Waals surface area contributed by atoms with Gasteiger partial charge in [0.15, 0.2) is 0 Å². The SMILES string of the molecule is CC.CC.CC.Cc1cccc(C(C)(C)N)c1. The summed E-state index contributed by atoms with van der Waals surface area (Å²) in [7, 11) is 0. The molecule has 0 aliphatic heterocycles. The van der Waals surface area contributed by atoms with Crippen LogP contribution in [0.2, 0.25) is 0 Å². The molecule has 0 heterocycles. The molecule has 2 N–H and O–H groups in total. The monoisotopic (exact) mass is 239 g/mol. The van der Waals surface area contributed by atoms with E-state index in [1.54, 1.807) is 0 Å². The summed E-state index contributed by atoms with van der Waals surface area (Å²) in [5.74, 6) is 0. The van der Waals surface area contributed by atoms with Crippen LogP contribution in [0.15, 0.2) is 24.3 Å². The Kier molecular flexibility index (Phi) is 16.7. The maximum absolute atomic E-state index is 5.93. The molecule has 0 amide bonds. The van der Waals surface area contributed by atoms with E-state index in [9.17, 15) is 0 Å². The first kappa shape index (κ1) is 21.5. The Bertz CT molecular complexity index is 246. The van der Waals surface area contributed by atoms with Gasteiger partial charge in [-0.15, -0.1) is 0 Å². The summed E-state index contributed by atoms with van der Waals surface area (Å²) in [6, 6.07) is 8.31. The molecule has 1 aromatic rings. The predicted molar refractivity (Wildman–Crippen MR) is 82.4 cm³/mol. The van der Waals surface area contributed by atoms with E-state index < -0.39 is 0 Å². The summed E-state index contributed by atoms with van der Waals surface area (Å²) >= 11 is 0. The van der Waals surface area contributed by atoms with E-state index in [2.05, 4.69) is 25.1 Å². The Morgan fingerprint density at radius 2 is 1.29 bits per heavy atom. The number of rotatable bonds is 1. The van der Waals surface area contributed by atoms with Gasteiger partial charge in [0.1, 0.15) is 0 Å². The Hall–Kier alpha value is -0.820. The second-order valence-corrected chi connectivity index (χ2v) is 3.59. The molecule has 0 bridgehead atoms. The van der Waals surface area contributed by atoms with Crippen molar-refractivity contribution < 1.29 is 0 Å². The van der Waals surface area contributed by atoms with Gasteiger partial charge in [-0.2, -0.15) is 0 Å². The quantitative estimate of drug-likeness (QED) is 0.710. The van der Waals surface area contributed by atoms with Crippen molar-refractivity contribution in [3.8, 4) is 0 Å². The molecule has 0 spiro atoms. The molecule has 0 fully saturated rings. The van der Waals surface area contributed by atoms with Crippen LogP contribution >= 0.6 is 0 Å². The van der Waals surface area contributed by atoms with E-state index in [0.29, 0.717) is 0 Å². The molecule has 0 radical (unpaired) electrons. The Morgan fingerprint density at radius 3 is 1.53 bits per heavy atom. The predicted octanol–water partition coefficient (Wildman–Crippen LogP) is 5.27. The van der Waals surface area contributed by atoms with Crippen molar-refractivity contribution in [1.29, 1.82) is 0 Å². The molecule has 17 heavy (non-hydrogen) atoms. The van der Waals surface area contributed by atoms with E-state index in [4.69, 9.17) is 5.73 Å². The molecule has 1 aromatic carbocycles. The minimum absolute atomic E-state index is 0.216. The molecule has 0 unspecified atom stereocenters. The lowest BCUT2D eigenvalue weighted by Crippen LogP contribution is -2.28. The summed E-state index contributed by atoms with van der Waals surface area (Å²) in [6.07, 6.45) is 0. The van der Waals surface area contributed by atoms with Gasteiger partial charge in [0.25, 0.3) is 0 Å². The van der Waals surface area contributed by atoms with Gasteiger partial charge < -0.3 is 5.73 Å². The van der Waals surface area contributed by atoms with Crippen molar-refractivity contribution in [3.63, 3.8) is 0 Å². The highest BCUT2D eigenvalue weighted by Gasteiger charge is 2.12. The number of benzene rings is 1. The summed E-state index contributed by atoms with van der Waals surface area (Å²) in [5, 5.41) is 0. The van der Waals surface area contributed by atoms with Gasteiger partial charge in [0, 0.05) is 5.54 Å². The van der Waals surface area contributed by atoms with Crippen molar-refractivity contribution in [2.45, 2.75) is 67.9 Å². The van der Waals surface area contributed by atoms with Crippen molar-refractivity contribution in [2.24, 2.45) is 5.73 Å². The molecule has 1 heteroatoms. The summed E-state index contributed by atoms with van der Waals surface area (Å²) in [4.78, 5) is 0. The zero-order valence-corrected chi connectivity index (χ0v) is 13.4. The van der Waals surface area contributed by atoms with Crippen LogP contribution in [-0.2, 0) is 5.54 Å². The fraction of sp³-hybridized carbons (Fsp3) is 0.625. The third-order valence-corrected chi connectivity index (χ3v) is 1.76. The minimum Gasteiger partial charge on any atom is -0.322 e. The number of hydrogen-bond acceptors (Lipinski definition) is 1. The highest BCUT2D eigenvalue weighted by atomic mass is 14.7. The molecule has 0 saturated carbocycles. The van der Waals surface area contributed by atoms with Crippen LogP contribution in [-0.4, -0.2) is 0 Å². The van der Waals surface area contributed by atoms with Crippen molar-refractivity contribution >= 4 is 0 Å². The molecule has 0 aromatic heterocycles. The van der Waals surface area contributed by atoms with E-state index in [1.165, 1.54) is 11.1 Å². The molecule has 102 valence electrons. The molecule has 1 rings (SSSR count). The number of aryl methyl sites for hydroxylation is 1. The normalized spacial score (nSPS) is 8.59. The van der Waals surface area contributed by atoms with Crippen LogP contribution in [0.4, 0.5) is 0 Å². The van der Waals surface area contributed by atoms with Crippen LogP contribution in [0, 0.1) is 6.92 Å². The van der Waals surface area contributed by atoms with E-state index >= 15 is 0 Å². The Labute approximate surface area is 109 Å². The van der Waals surface area contributed by atoms with Crippen molar-refractivity contribution in [3.05, 3.63) is 35.4 Å². The fourth-order valence-electron chi connectivity index (χ4n) is 1.05. The zero-order valence-electron chi connectivity index (χ0n) is 13.4. The molecule has 0 aliphatic carbocycles. The number of nitrogens with two attached hydrogens (primary N) is 1. The Morgan fingerprint density at radius 1 is 0.882 bits per heavy atom. The second-order valence-electron chi connectivity index (χ2n) is 3.59. The highest BCUT2D eigenvalue weighted by molar-refractivity contribution is 5.27. The zero-order chi connectivity index (χ0) is 14.5. The number of hydrogen-bond donors (Lipinski definition) is 1. The molecule has 0 saturated heterocycles. The lowest BCUT2D eigenvalue weighted by molar-refractivity contribution is 0.554. The first-order valence-corrected chi connectivity index (χ1v) is 6.86. The summed E-state index contributed by atoms with van der Waals surface area (Å²) in [5.41, 5.74) is 8.17. The topological polar surface area (TPSA) is 26.0 Å². The first-order chi connectivity index (χ1) is 8.00. The lowest BCUT2D eigenvalue weighted by atomic mass is 9.94. The van der Waals surface area contributed by atoms with E-state index in [0.717, 1.165) is 0 Å². The van der Waals surface area contributed by atoms with Gasteiger partial charge in [-0.1, -0.05) is 71.4 Å². The third kappa shape index (κ3) is 11.4. The largest absolute Gasteiger partial charge is 0.322 e. The van der Waals surface area contributed by atoms with Gasteiger partial charge in [-0.3, -0.25) is 0 Å². The van der Waals surface area contributed by atoms with E-state index in [-0.39, 0.29) is 5.54 Å². The maximum Gasteiger partial charge on any atom is 0.0352 e. The standard InChI is InChI=1S/C10H15N.3C2H6/c1-8-5-4-6-9(7-8)10(2,3)11;3*1-2/h4-7H,11H2,1-3H3;3*1-2H3. The smallest absolute Gasteiger partial charge is 0.0352 e. The van der Waals surface area contributed by atoms with Gasteiger partial charge >= 0.3 is 0 Å².